The van der Waals surface area contributed by atoms with Crippen molar-refractivity contribution in [3.05, 3.63) is 45.5 Å². The Morgan fingerprint density at radius 3 is 2.39 bits per heavy atom. The minimum Gasteiger partial charge on any atom is -0.508 e. The maximum atomic E-state index is 16.0. The van der Waals surface area contributed by atoms with Crippen LogP contribution in [0.2, 0.25) is 0 Å². The molecule has 1 aromatic carbocycles. The predicted octanol–water partition coefficient (Wildman–Crippen LogP) is 3.46. The van der Waals surface area contributed by atoms with E-state index in [1.165, 1.54) is 6.07 Å². The van der Waals surface area contributed by atoms with Crippen LogP contribution in [0.3, 0.4) is 0 Å². The van der Waals surface area contributed by atoms with Crippen LogP contribution in [0.5, 0.6) is 5.75 Å². The van der Waals surface area contributed by atoms with Gasteiger partial charge in [0.05, 0.1) is 5.56 Å². The fourth-order valence-corrected chi connectivity index (χ4v) is 7.95. The van der Waals surface area contributed by atoms with Gasteiger partial charge >= 0.3 is 0 Å². The van der Waals surface area contributed by atoms with Crippen molar-refractivity contribution in [1.82, 2.24) is 4.90 Å². The molecular weight excluding hydrogens is 531 g/mol. The number of nitrogens with zero attached hydrogens (tertiary/aromatic N) is 1. The van der Waals surface area contributed by atoms with E-state index in [9.17, 15) is 34.8 Å². The summed E-state index contributed by atoms with van der Waals surface area (Å²) < 4.78 is 16.0. The van der Waals surface area contributed by atoms with E-state index >= 15 is 4.39 Å². The lowest BCUT2D eigenvalue weighted by Crippen LogP contribution is -2.62. The Labute approximate surface area is 238 Å². The molecule has 0 radical (unpaired) electrons. The van der Waals surface area contributed by atoms with Gasteiger partial charge in [0.15, 0.2) is 11.4 Å². The smallest absolute Gasteiger partial charge is 0.255 e. The van der Waals surface area contributed by atoms with Gasteiger partial charge in [-0.2, -0.15) is 0 Å². The molecule has 6 N–H and O–H groups in total. The summed E-state index contributed by atoms with van der Waals surface area (Å²) in [5, 5.41) is 45.1. The summed E-state index contributed by atoms with van der Waals surface area (Å²) >= 11 is 0. The van der Waals surface area contributed by atoms with E-state index in [0.717, 1.165) is 12.8 Å². The summed E-state index contributed by atoms with van der Waals surface area (Å²) in [6.07, 6.45) is 2.92. The molecule has 9 nitrogen and oxygen atoms in total. The molecule has 0 saturated heterocycles. The lowest BCUT2D eigenvalue weighted by atomic mass is 9.54. The van der Waals surface area contributed by atoms with Crippen molar-refractivity contribution in [2.75, 3.05) is 13.6 Å². The first-order chi connectivity index (χ1) is 19.1. The summed E-state index contributed by atoms with van der Waals surface area (Å²) in [7, 11) is 1.85. The number of ketones is 2. The Kier molecular flexibility index (Phi) is 7.10. The minimum absolute atomic E-state index is 0.0154. The van der Waals surface area contributed by atoms with E-state index < -0.39 is 69.5 Å². The van der Waals surface area contributed by atoms with Crippen molar-refractivity contribution in [2.24, 2.45) is 34.8 Å². The van der Waals surface area contributed by atoms with Gasteiger partial charge in [-0.05, 0) is 56.0 Å². The number of phenolic OH excluding ortho intramolecular Hbond substituents is 1. The SMILES string of the molecule is CN(Cc1cc(O)c2c(c1F)C[C@H]1C[C@H]3C(C4CCCC4)C(=O)C(C(N)=O)=C(O)[C@@]3(O)C(=O)C1=C2O)CC(C)(C)C. The quantitative estimate of drug-likeness (QED) is 0.336. The monoisotopic (exact) mass is 570 g/mol. The third kappa shape index (κ3) is 4.55. The van der Waals surface area contributed by atoms with Crippen molar-refractivity contribution < 1.29 is 39.2 Å². The number of hydrogen-bond acceptors (Lipinski definition) is 8. The van der Waals surface area contributed by atoms with Crippen LogP contribution in [0.25, 0.3) is 5.76 Å². The Balaban J connectivity index is 1.62. The Bertz CT molecular complexity index is 1400. The molecule has 4 atom stereocenters. The summed E-state index contributed by atoms with van der Waals surface area (Å²) in [6, 6.07) is 1.23. The second kappa shape index (κ2) is 9.94. The van der Waals surface area contributed by atoms with E-state index in [4.69, 9.17) is 5.73 Å². The van der Waals surface area contributed by atoms with Crippen LogP contribution in [0.1, 0.15) is 69.6 Å². The van der Waals surface area contributed by atoms with Crippen LogP contribution in [0, 0.1) is 34.9 Å². The van der Waals surface area contributed by atoms with Crippen molar-refractivity contribution in [1.29, 1.82) is 0 Å². The molecule has 2 saturated carbocycles. The number of hydrogen-bond donors (Lipinski definition) is 5. The number of carbonyl (C=O) groups is 3. The predicted molar refractivity (Wildman–Crippen MR) is 148 cm³/mol. The normalized spacial score (nSPS) is 28.7. The minimum atomic E-state index is -2.66. The molecule has 0 spiro atoms. The highest BCUT2D eigenvalue weighted by Crippen LogP contribution is 2.56. The van der Waals surface area contributed by atoms with Gasteiger partial charge in [-0.25, -0.2) is 4.39 Å². The maximum Gasteiger partial charge on any atom is 0.255 e. The summed E-state index contributed by atoms with van der Waals surface area (Å²) in [6.45, 7) is 7.05. The zero-order valence-electron chi connectivity index (χ0n) is 24.0. The number of fused-ring (bicyclic) bond motifs is 3. The third-order valence-electron chi connectivity index (χ3n) is 9.35. The van der Waals surface area contributed by atoms with Crippen LogP contribution in [-0.2, 0) is 27.3 Å². The Morgan fingerprint density at radius 2 is 1.80 bits per heavy atom. The van der Waals surface area contributed by atoms with E-state index in [1.54, 1.807) is 0 Å². The Hall–Kier alpha value is -3.24. The van der Waals surface area contributed by atoms with Gasteiger partial charge < -0.3 is 31.1 Å². The average molecular weight is 571 g/mol. The summed E-state index contributed by atoms with van der Waals surface area (Å²) in [4.78, 5) is 41.7. The molecule has 1 unspecified atom stereocenters. The average Bonchev–Trinajstić information content (AvgIpc) is 3.37. The lowest BCUT2D eigenvalue weighted by Gasteiger charge is -2.50. The third-order valence-corrected chi connectivity index (χ3v) is 9.35. The topological polar surface area (TPSA) is 161 Å². The van der Waals surface area contributed by atoms with Crippen LogP contribution >= 0.6 is 0 Å². The highest BCUT2D eigenvalue weighted by molar-refractivity contribution is 6.23. The maximum absolute atomic E-state index is 16.0. The highest BCUT2D eigenvalue weighted by Gasteiger charge is 2.64. The number of aliphatic hydroxyl groups is 3. The molecule has 0 aliphatic heterocycles. The number of primary amides is 1. The largest absolute Gasteiger partial charge is 0.508 e. The molecule has 10 heteroatoms. The number of halogens is 1. The molecule has 4 aliphatic rings. The summed E-state index contributed by atoms with van der Waals surface area (Å²) in [5.74, 6) is -8.82. The molecule has 222 valence electrons. The number of aromatic hydroxyl groups is 1. The first-order valence-corrected chi connectivity index (χ1v) is 14.3. The van der Waals surface area contributed by atoms with E-state index in [-0.39, 0.29) is 53.0 Å². The molecule has 0 heterocycles. The first-order valence-electron chi connectivity index (χ1n) is 14.3. The first kappa shape index (κ1) is 29.3. The number of Topliss-reactive ketones (excluding diaryl/α,β-unsaturated/α-hetero) is 2. The lowest BCUT2D eigenvalue weighted by molar-refractivity contribution is -0.155. The van der Waals surface area contributed by atoms with E-state index in [0.29, 0.717) is 19.4 Å². The Morgan fingerprint density at radius 1 is 1.17 bits per heavy atom. The number of nitrogens with two attached hydrogens (primary N) is 1. The second-order valence-corrected chi connectivity index (χ2v) is 13.6. The van der Waals surface area contributed by atoms with Gasteiger partial charge in [-0.15, -0.1) is 0 Å². The van der Waals surface area contributed by atoms with Crippen molar-refractivity contribution in [3.63, 3.8) is 0 Å². The van der Waals surface area contributed by atoms with Gasteiger partial charge in [0.25, 0.3) is 5.91 Å². The van der Waals surface area contributed by atoms with Gasteiger partial charge in [0, 0.05) is 41.6 Å². The fraction of sp³-hybridized carbons (Fsp3) is 0.581. The molecule has 0 bridgehead atoms. The van der Waals surface area contributed by atoms with Crippen molar-refractivity contribution >= 4 is 23.2 Å². The fourth-order valence-electron chi connectivity index (χ4n) is 7.95. The zero-order chi connectivity index (χ0) is 30.2. The van der Waals surface area contributed by atoms with Crippen molar-refractivity contribution in [2.45, 2.75) is 71.4 Å². The standard InChI is InChI=1S/C31H39FN2O7/c1-30(2,3)13-34(4)12-16-11-19(35)22-17(24(16)32)9-15-10-18-20(14-7-5-6-8-14)25(36)23(29(33)40)28(39)31(18,41)27(38)21(15)26(22)37/h11,14-15,18,20,35,37,39,41H,5-10,12-13H2,1-4H3,(H2,33,40)/t15-,18-,20?,31-/m0/s1. The van der Waals surface area contributed by atoms with Crippen LogP contribution in [-0.4, -0.2) is 62.0 Å². The second-order valence-electron chi connectivity index (χ2n) is 13.6. The van der Waals surface area contributed by atoms with Crippen LogP contribution in [0.15, 0.2) is 23.0 Å². The van der Waals surface area contributed by atoms with Gasteiger partial charge in [0.1, 0.15) is 28.7 Å². The number of aliphatic hydroxyl groups excluding tert-OH is 2. The van der Waals surface area contributed by atoms with E-state index in [2.05, 4.69) is 20.8 Å². The number of rotatable bonds is 5. The number of carbonyl (C=O) groups excluding carboxylic acids is 3. The molecule has 2 fully saturated rings. The number of benzene rings is 1. The number of amides is 1. The molecule has 1 amide bonds. The van der Waals surface area contributed by atoms with Gasteiger partial charge in [0.2, 0.25) is 5.78 Å². The van der Waals surface area contributed by atoms with Crippen LogP contribution in [0.4, 0.5) is 4.39 Å². The highest BCUT2D eigenvalue weighted by atomic mass is 19.1. The molecule has 41 heavy (non-hydrogen) atoms. The van der Waals surface area contributed by atoms with Crippen molar-refractivity contribution in [3.8, 4) is 5.75 Å². The van der Waals surface area contributed by atoms with Crippen LogP contribution < -0.4 is 5.73 Å². The van der Waals surface area contributed by atoms with Gasteiger partial charge in [-0.1, -0.05) is 33.6 Å². The number of phenols is 1. The molecule has 4 aliphatic carbocycles. The molecular formula is C31H39FN2O7. The summed E-state index contributed by atoms with van der Waals surface area (Å²) in [5.41, 5.74) is 1.75. The molecule has 0 aromatic heterocycles. The van der Waals surface area contributed by atoms with Gasteiger partial charge in [-0.3, -0.25) is 14.4 Å². The zero-order valence-corrected chi connectivity index (χ0v) is 24.0. The molecule has 5 rings (SSSR count). The van der Waals surface area contributed by atoms with E-state index in [1.807, 2.05) is 11.9 Å². The molecule has 1 aromatic rings.